The summed E-state index contributed by atoms with van der Waals surface area (Å²) in [7, 11) is 0. The lowest BCUT2D eigenvalue weighted by Crippen LogP contribution is -2.37. The van der Waals surface area contributed by atoms with E-state index in [0.717, 1.165) is 6.54 Å². The second kappa shape index (κ2) is 5.19. The van der Waals surface area contributed by atoms with Gasteiger partial charge in [-0.1, -0.05) is 0 Å². The number of hydrogen-bond acceptors (Lipinski definition) is 3. The maximum absolute atomic E-state index is 5.99. The Balaban J connectivity index is 2.25. The van der Waals surface area contributed by atoms with Crippen LogP contribution in [0.25, 0.3) is 0 Å². The minimum atomic E-state index is 0.317. The van der Waals surface area contributed by atoms with Crippen LogP contribution in [0.5, 0.6) is 0 Å². The van der Waals surface area contributed by atoms with E-state index >= 15 is 0 Å². The zero-order chi connectivity index (χ0) is 12.4. The van der Waals surface area contributed by atoms with Crippen LogP contribution in [0.2, 0.25) is 0 Å². The first-order valence-electron chi connectivity index (χ1n) is 6.62. The van der Waals surface area contributed by atoms with Crippen LogP contribution in [0, 0.1) is 0 Å². The summed E-state index contributed by atoms with van der Waals surface area (Å²) in [6.45, 7) is 8.50. The van der Waals surface area contributed by atoms with Crippen molar-refractivity contribution >= 4 is 0 Å². The zero-order valence-corrected chi connectivity index (χ0v) is 11.1. The highest BCUT2D eigenvalue weighted by atomic mass is 15.2. The highest BCUT2D eigenvalue weighted by molar-refractivity contribution is 5.09. The van der Waals surface area contributed by atoms with Crippen LogP contribution in [0.4, 0.5) is 0 Å². The molecule has 0 aromatic carbocycles. The van der Waals surface area contributed by atoms with Gasteiger partial charge >= 0.3 is 0 Å². The van der Waals surface area contributed by atoms with E-state index < -0.39 is 0 Å². The fourth-order valence-electron chi connectivity index (χ4n) is 2.85. The van der Waals surface area contributed by atoms with E-state index in [-0.39, 0.29) is 0 Å². The van der Waals surface area contributed by atoms with Crippen molar-refractivity contribution in [3.8, 4) is 0 Å². The molecular weight excluding hydrogens is 212 g/mol. The van der Waals surface area contributed by atoms with Crippen LogP contribution in [-0.4, -0.2) is 33.6 Å². The third-order valence-corrected chi connectivity index (χ3v) is 3.82. The standard InChI is InChI=1S/C13H24N4/c1-10(2)17-9-15-8-13(17)12(7-14)16-6-4-5-11(16)3/h8-12H,4-7,14H2,1-3H3. The van der Waals surface area contributed by atoms with Gasteiger partial charge in [-0.05, 0) is 40.2 Å². The number of hydrogen-bond donors (Lipinski definition) is 1. The van der Waals surface area contributed by atoms with Gasteiger partial charge < -0.3 is 10.3 Å². The van der Waals surface area contributed by atoms with Crippen molar-refractivity contribution < 1.29 is 0 Å². The highest BCUT2D eigenvalue weighted by Gasteiger charge is 2.29. The summed E-state index contributed by atoms with van der Waals surface area (Å²) in [5.74, 6) is 0. The van der Waals surface area contributed by atoms with Crippen molar-refractivity contribution in [2.45, 2.75) is 51.7 Å². The second-order valence-corrected chi connectivity index (χ2v) is 5.30. The first-order valence-corrected chi connectivity index (χ1v) is 6.62. The molecule has 0 bridgehead atoms. The van der Waals surface area contributed by atoms with Gasteiger partial charge in [-0.25, -0.2) is 4.98 Å². The Hall–Kier alpha value is -0.870. The van der Waals surface area contributed by atoms with E-state index in [4.69, 9.17) is 5.73 Å². The van der Waals surface area contributed by atoms with E-state index in [2.05, 4.69) is 35.2 Å². The number of nitrogens with zero attached hydrogens (tertiary/aromatic N) is 3. The molecule has 0 saturated carbocycles. The molecule has 1 saturated heterocycles. The van der Waals surface area contributed by atoms with Crippen LogP contribution < -0.4 is 5.73 Å². The van der Waals surface area contributed by atoms with E-state index in [9.17, 15) is 0 Å². The van der Waals surface area contributed by atoms with Gasteiger partial charge in [-0.3, -0.25) is 4.90 Å². The van der Waals surface area contributed by atoms with Crippen LogP contribution in [-0.2, 0) is 0 Å². The molecule has 2 heterocycles. The van der Waals surface area contributed by atoms with Crippen molar-refractivity contribution in [2.24, 2.45) is 5.73 Å². The van der Waals surface area contributed by atoms with Crippen molar-refractivity contribution in [3.63, 3.8) is 0 Å². The quantitative estimate of drug-likeness (QED) is 0.869. The van der Waals surface area contributed by atoms with Crippen molar-refractivity contribution in [1.82, 2.24) is 14.5 Å². The SMILES string of the molecule is CC1CCCN1C(CN)c1cncn1C(C)C. The maximum Gasteiger partial charge on any atom is 0.0951 e. The maximum atomic E-state index is 5.99. The van der Waals surface area contributed by atoms with Crippen LogP contribution in [0.15, 0.2) is 12.5 Å². The van der Waals surface area contributed by atoms with Gasteiger partial charge in [0.15, 0.2) is 0 Å². The molecule has 1 aromatic rings. The van der Waals surface area contributed by atoms with Gasteiger partial charge in [-0.15, -0.1) is 0 Å². The molecule has 0 spiro atoms. The van der Waals surface area contributed by atoms with Crippen molar-refractivity contribution in [3.05, 3.63) is 18.2 Å². The third kappa shape index (κ3) is 2.38. The van der Waals surface area contributed by atoms with Gasteiger partial charge in [0.1, 0.15) is 0 Å². The highest BCUT2D eigenvalue weighted by Crippen LogP contribution is 2.29. The molecule has 2 N–H and O–H groups in total. The summed E-state index contributed by atoms with van der Waals surface area (Å²) in [4.78, 5) is 6.81. The van der Waals surface area contributed by atoms with E-state index in [1.54, 1.807) is 0 Å². The number of nitrogens with two attached hydrogens (primary N) is 1. The monoisotopic (exact) mass is 236 g/mol. The van der Waals surface area contributed by atoms with E-state index in [1.807, 2.05) is 12.5 Å². The summed E-state index contributed by atoms with van der Waals surface area (Å²) in [6.07, 6.45) is 6.46. The molecule has 2 atom stereocenters. The molecule has 2 unspecified atom stereocenters. The Kier molecular flexibility index (Phi) is 3.84. The number of imidazole rings is 1. The van der Waals surface area contributed by atoms with E-state index in [1.165, 1.54) is 18.5 Å². The minimum absolute atomic E-state index is 0.317. The fourth-order valence-corrected chi connectivity index (χ4v) is 2.85. The molecule has 0 amide bonds. The Morgan fingerprint density at radius 2 is 2.29 bits per heavy atom. The Labute approximate surface area is 104 Å². The molecule has 1 aromatic heterocycles. The number of likely N-dealkylation sites (tertiary alicyclic amines) is 1. The molecule has 17 heavy (non-hydrogen) atoms. The molecule has 1 fully saturated rings. The summed E-state index contributed by atoms with van der Waals surface area (Å²) in [5.41, 5.74) is 7.25. The molecule has 96 valence electrons. The fraction of sp³-hybridized carbons (Fsp3) is 0.769. The van der Waals surface area contributed by atoms with Gasteiger partial charge in [0.25, 0.3) is 0 Å². The average molecular weight is 236 g/mol. The average Bonchev–Trinajstić information content (AvgIpc) is 2.90. The van der Waals surface area contributed by atoms with Crippen LogP contribution >= 0.6 is 0 Å². The summed E-state index contributed by atoms with van der Waals surface area (Å²) < 4.78 is 2.24. The molecule has 0 aliphatic carbocycles. The molecule has 4 heteroatoms. The lowest BCUT2D eigenvalue weighted by molar-refractivity contribution is 0.187. The second-order valence-electron chi connectivity index (χ2n) is 5.30. The zero-order valence-electron chi connectivity index (χ0n) is 11.1. The van der Waals surface area contributed by atoms with Crippen molar-refractivity contribution in [1.29, 1.82) is 0 Å². The van der Waals surface area contributed by atoms with Gasteiger partial charge in [-0.2, -0.15) is 0 Å². The predicted molar refractivity (Wildman–Crippen MR) is 69.8 cm³/mol. The summed E-state index contributed by atoms with van der Waals surface area (Å²) in [5, 5.41) is 0. The Bertz CT molecular complexity index is 358. The summed E-state index contributed by atoms with van der Waals surface area (Å²) >= 11 is 0. The van der Waals surface area contributed by atoms with E-state index in [0.29, 0.717) is 24.7 Å². The molecule has 2 rings (SSSR count). The summed E-state index contributed by atoms with van der Waals surface area (Å²) in [6, 6.07) is 1.40. The van der Waals surface area contributed by atoms with Gasteiger partial charge in [0.05, 0.1) is 18.1 Å². The first kappa shape index (κ1) is 12.6. The topological polar surface area (TPSA) is 47.1 Å². The Morgan fingerprint density at radius 3 is 2.82 bits per heavy atom. The predicted octanol–water partition coefficient (Wildman–Crippen LogP) is 1.95. The largest absolute Gasteiger partial charge is 0.331 e. The first-order chi connectivity index (χ1) is 8.15. The third-order valence-electron chi connectivity index (χ3n) is 3.82. The molecule has 0 radical (unpaired) electrons. The van der Waals surface area contributed by atoms with Gasteiger partial charge in [0, 0.05) is 24.8 Å². The van der Waals surface area contributed by atoms with Crippen LogP contribution in [0.1, 0.15) is 51.4 Å². The Morgan fingerprint density at radius 1 is 1.53 bits per heavy atom. The van der Waals surface area contributed by atoms with Crippen LogP contribution in [0.3, 0.4) is 0 Å². The molecular formula is C13H24N4. The normalized spacial score (nSPS) is 23.5. The van der Waals surface area contributed by atoms with Gasteiger partial charge in [0.2, 0.25) is 0 Å². The minimum Gasteiger partial charge on any atom is -0.331 e. The number of aromatic nitrogens is 2. The molecule has 4 nitrogen and oxygen atoms in total. The number of rotatable bonds is 4. The van der Waals surface area contributed by atoms with Crippen molar-refractivity contribution in [2.75, 3.05) is 13.1 Å². The smallest absolute Gasteiger partial charge is 0.0951 e. The lowest BCUT2D eigenvalue weighted by Gasteiger charge is -2.31. The molecule has 1 aliphatic heterocycles. The molecule has 1 aliphatic rings. The lowest BCUT2D eigenvalue weighted by atomic mass is 10.1.